The molecular formula is C14H12N4O. The van der Waals surface area contributed by atoms with Gasteiger partial charge in [0.2, 0.25) is 0 Å². The molecule has 0 atom stereocenters. The molecule has 3 rings (SSSR count). The highest BCUT2D eigenvalue weighted by Gasteiger charge is 2.11. The van der Waals surface area contributed by atoms with Gasteiger partial charge in [0.15, 0.2) is 0 Å². The number of nitrogens with zero attached hydrogens (tertiary/aromatic N) is 3. The number of hydrogen-bond acceptors (Lipinski definition) is 4. The Morgan fingerprint density at radius 1 is 1.16 bits per heavy atom. The van der Waals surface area contributed by atoms with Gasteiger partial charge in [0.1, 0.15) is 11.3 Å². The fourth-order valence-corrected chi connectivity index (χ4v) is 2.10. The van der Waals surface area contributed by atoms with Crippen LogP contribution in [0, 0.1) is 6.92 Å². The van der Waals surface area contributed by atoms with Crippen LogP contribution in [-0.4, -0.2) is 14.5 Å². The molecule has 2 N–H and O–H groups in total. The van der Waals surface area contributed by atoms with Gasteiger partial charge in [-0.25, -0.2) is 9.36 Å². The van der Waals surface area contributed by atoms with Crippen molar-refractivity contribution < 1.29 is 0 Å². The van der Waals surface area contributed by atoms with Gasteiger partial charge >= 0.3 is 5.69 Å². The van der Waals surface area contributed by atoms with Crippen LogP contribution in [0.1, 0.15) is 5.69 Å². The van der Waals surface area contributed by atoms with Crippen molar-refractivity contribution in [1.29, 1.82) is 0 Å². The minimum absolute atomic E-state index is 0.381. The summed E-state index contributed by atoms with van der Waals surface area (Å²) >= 11 is 0. The second-order valence-electron chi connectivity index (χ2n) is 4.24. The van der Waals surface area contributed by atoms with Crippen LogP contribution in [0.25, 0.3) is 16.6 Å². The normalized spacial score (nSPS) is 10.8. The Balaban J connectivity index is 2.43. The largest absolute Gasteiger partial charge is 0.384 e. The topological polar surface area (TPSA) is 73.8 Å². The second-order valence-corrected chi connectivity index (χ2v) is 4.24. The van der Waals surface area contributed by atoms with Crippen LogP contribution in [0.4, 0.5) is 5.82 Å². The van der Waals surface area contributed by atoms with E-state index in [9.17, 15) is 4.79 Å². The van der Waals surface area contributed by atoms with E-state index in [4.69, 9.17) is 5.73 Å². The molecule has 1 aromatic carbocycles. The average Bonchev–Trinajstić information content (AvgIpc) is 2.41. The smallest absolute Gasteiger partial charge is 0.354 e. The lowest BCUT2D eigenvalue weighted by Gasteiger charge is -2.11. The van der Waals surface area contributed by atoms with E-state index in [1.165, 1.54) is 4.57 Å². The zero-order chi connectivity index (χ0) is 13.4. The molecule has 94 valence electrons. The summed E-state index contributed by atoms with van der Waals surface area (Å²) in [6.45, 7) is 1.81. The first-order chi connectivity index (χ1) is 9.18. The first kappa shape index (κ1) is 11.4. The molecule has 0 aliphatic rings. The SMILES string of the molecule is Cc1nccc2c(N)n(-c3ccccc3)c(=O)nc12. The molecule has 19 heavy (non-hydrogen) atoms. The Hall–Kier alpha value is -2.69. The predicted molar refractivity (Wildman–Crippen MR) is 74.3 cm³/mol. The molecule has 0 aliphatic heterocycles. The van der Waals surface area contributed by atoms with Crippen molar-refractivity contribution in [2.45, 2.75) is 6.92 Å². The highest BCUT2D eigenvalue weighted by Crippen LogP contribution is 2.20. The first-order valence-corrected chi connectivity index (χ1v) is 5.88. The van der Waals surface area contributed by atoms with Crippen molar-refractivity contribution in [3.8, 4) is 5.69 Å². The van der Waals surface area contributed by atoms with E-state index in [1.54, 1.807) is 19.2 Å². The van der Waals surface area contributed by atoms with Gasteiger partial charge in [0.25, 0.3) is 0 Å². The zero-order valence-electron chi connectivity index (χ0n) is 10.4. The van der Waals surface area contributed by atoms with Crippen LogP contribution in [0.3, 0.4) is 0 Å². The van der Waals surface area contributed by atoms with Crippen LogP contribution < -0.4 is 11.4 Å². The zero-order valence-corrected chi connectivity index (χ0v) is 10.4. The number of rotatable bonds is 1. The molecule has 0 saturated heterocycles. The number of nitrogen functional groups attached to an aromatic ring is 1. The Morgan fingerprint density at radius 3 is 2.63 bits per heavy atom. The van der Waals surface area contributed by atoms with E-state index < -0.39 is 5.69 Å². The van der Waals surface area contributed by atoms with Crippen molar-refractivity contribution in [3.05, 3.63) is 58.8 Å². The lowest BCUT2D eigenvalue weighted by Crippen LogP contribution is -2.24. The Kier molecular flexibility index (Phi) is 2.52. The second kappa shape index (κ2) is 4.20. The summed E-state index contributed by atoms with van der Waals surface area (Å²) in [5.41, 5.74) is 7.67. The molecule has 5 nitrogen and oxygen atoms in total. The molecule has 5 heteroatoms. The minimum atomic E-state index is -0.396. The molecule has 3 aromatic rings. The van der Waals surface area contributed by atoms with Crippen LogP contribution in [-0.2, 0) is 0 Å². The quantitative estimate of drug-likeness (QED) is 0.715. The summed E-state index contributed by atoms with van der Waals surface area (Å²) in [7, 11) is 0. The minimum Gasteiger partial charge on any atom is -0.384 e. The molecule has 0 spiro atoms. The van der Waals surface area contributed by atoms with Gasteiger partial charge in [-0.05, 0) is 25.1 Å². The Bertz CT molecular complexity index is 809. The summed E-state index contributed by atoms with van der Waals surface area (Å²) in [6, 6.07) is 11.0. The van der Waals surface area contributed by atoms with Crippen molar-refractivity contribution >= 4 is 16.7 Å². The standard InChI is InChI=1S/C14H12N4O/c1-9-12-11(7-8-16-9)13(15)18(14(19)17-12)10-5-3-2-4-6-10/h2-8H,15H2,1H3. The number of benzene rings is 1. The third kappa shape index (κ3) is 1.76. The molecule has 0 amide bonds. The average molecular weight is 252 g/mol. The molecule has 0 radical (unpaired) electrons. The molecule has 0 bridgehead atoms. The van der Waals surface area contributed by atoms with Gasteiger partial charge in [0, 0.05) is 11.6 Å². The highest BCUT2D eigenvalue weighted by atomic mass is 16.1. The van der Waals surface area contributed by atoms with Gasteiger partial charge in [0.05, 0.1) is 11.4 Å². The molecular weight excluding hydrogens is 240 g/mol. The van der Waals surface area contributed by atoms with Crippen molar-refractivity contribution in [3.63, 3.8) is 0 Å². The molecule has 2 heterocycles. The van der Waals surface area contributed by atoms with Gasteiger partial charge < -0.3 is 5.73 Å². The number of nitrogens with two attached hydrogens (primary N) is 1. The van der Waals surface area contributed by atoms with Gasteiger partial charge in [-0.3, -0.25) is 4.98 Å². The number of aryl methyl sites for hydroxylation is 1. The van der Waals surface area contributed by atoms with Crippen LogP contribution in [0.5, 0.6) is 0 Å². The van der Waals surface area contributed by atoms with Crippen LogP contribution in [0.15, 0.2) is 47.4 Å². The van der Waals surface area contributed by atoms with Crippen LogP contribution >= 0.6 is 0 Å². The summed E-state index contributed by atoms with van der Waals surface area (Å²) in [5.74, 6) is 0.381. The van der Waals surface area contributed by atoms with Crippen molar-refractivity contribution in [2.75, 3.05) is 5.73 Å². The number of anilines is 1. The summed E-state index contributed by atoms with van der Waals surface area (Å²) < 4.78 is 1.40. The molecule has 0 aliphatic carbocycles. The maximum atomic E-state index is 12.2. The first-order valence-electron chi connectivity index (χ1n) is 5.88. The van der Waals surface area contributed by atoms with E-state index in [0.29, 0.717) is 22.7 Å². The Morgan fingerprint density at radius 2 is 1.89 bits per heavy atom. The predicted octanol–water partition coefficient (Wildman–Crippen LogP) is 1.67. The number of pyridine rings is 1. The molecule has 0 unspecified atom stereocenters. The van der Waals surface area contributed by atoms with Gasteiger partial charge in [-0.15, -0.1) is 0 Å². The number of hydrogen-bond donors (Lipinski definition) is 1. The highest BCUT2D eigenvalue weighted by molar-refractivity contribution is 5.89. The molecule has 2 aromatic heterocycles. The monoisotopic (exact) mass is 252 g/mol. The summed E-state index contributed by atoms with van der Waals surface area (Å²) in [4.78, 5) is 20.4. The summed E-state index contributed by atoms with van der Waals surface area (Å²) in [6.07, 6.45) is 1.66. The van der Waals surface area contributed by atoms with Crippen molar-refractivity contribution in [1.82, 2.24) is 14.5 Å². The number of fused-ring (bicyclic) bond motifs is 1. The van der Waals surface area contributed by atoms with E-state index in [-0.39, 0.29) is 0 Å². The van der Waals surface area contributed by atoms with Gasteiger partial charge in [-0.1, -0.05) is 18.2 Å². The molecule has 0 saturated carbocycles. The van der Waals surface area contributed by atoms with E-state index in [1.807, 2.05) is 30.3 Å². The third-order valence-electron chi connectivity index (χ3n) is 3.04. The summed E-state index contributed by atoms with van der Waals surface area (Å²) in [5, 5.41) is 0.732. The van der Waals surface area contributed by atoms with Gasteiger partial charge in [-0.2, -0.15) is 4.98 Å². The molecule has 0 fully saturated rings. The third-order valence-corrected chi connectivity index (χ3v) is 3.04. The van der Waals surface area contributed by atoms with E-state index in [2.05, 4.69) is 9.97 Å². The number of para-hydroxylation sites is 1. The lowest BCUT2D eigenvalue weighted by molar-refractivity contribution is 0.945. The Labute approximate surface area is 109 Å². The van der Waals surface area contributed by atoms with Crippen LogP contribution in [0.2, 0.25) is 0 Å². The fraction of sp³-hybridized carbons (Fsp3) is 0.0714. The van der Waals surface area contributed by atoms with E-state index in [0.717, 1.165) is 5.39 Å². The van der Waals surface area contributed by atoms with Crippen molar-refractivity contribution in [2.24, 2.45) is 0 Å². The maximum absolute atomic E-state index is 12.2. The fourth-order valence-electron chi connectivity index (χ4n) is 2.10. The maximum Gasteiger partial charge on any atom is 0.354 e. The lowest BCUT2D eigenvalue weighted by atomic mass is 10.2. The number of aromatic nitrogens is 3. The van der Waals surface area contributed by atoms with E-state index >= 15 is 0 Å².